The second kappa shape index (κ2) is 5.15. The summed E-state index contributed by atoms with van der Waals surface area (Å²) in [5.41, 5.74) is 9.27. The van der Waals surface area contributed by atoms with E-state index in [1.807, 2.05) is 47.4 Å². The van der Waals surface area contributed by atoms with E-state index in [4.69, 9.17) is 17.3 Å². The van der Waals surface area contributed by atoms with Crippen LogP contribution in [0.5, 0.6) is 0 Å². The predicted molar refractivity (Wildman–Crippen MR) is 81.4 cm³/mol. The average molecular weight is 288 g/mol. The van der Waals surface area contributed by atoms with Crippen molar-refractivity contribution in [1.82, 2.24) is 0 Å². The summed E-state index contributed by atoms with van der Waals surface area (Å²) in [7, 11) is 0. The van der Waals surface area contributed by atoms with Crippen LogP contribution in [0.1, 0.15) is 5.56 Å². The van der Waals surface area contributed by atoms with E-state index in [1.54, 1.807) is 0 Å². The van der Waals surface area contributed by atoms with Crippen molar-refractivity contribution >= 4 is 34.6 Å². The Morgan fingerprint density at radius 2 is 1.90 bits per heavy atom. The maximum atomic E-state index is 11.9. The van der Waals surface area contributed by atoms with Gasteiger partial charge in [0.05, 0.1) is 11.4 Å². The molecular weight excluding hydrogens is 274 g/mol. The van der Waals surface area contributed by atoms with Crippen LogP contribution in [0.25, 0.3) is 0 Å². The van der Waals surface area contributed by atoms with Gasteiger partial charge in [-0.15, -0.1) is 0 Å². The van der Waals surface area contributed by atoms with Crippen molar-refractivity contribution < 1.29 is 4.79 Å². The molecule has 0 atom stereocenters. The van der Waals surface area contributed by atoms with Crippen LogP contribution in [0.3, 0.4) is 0 Å². The molecule has 102 valence electrons. The van der Waals surface area contributed by atoms with Gasteiger partial charge in [0.2, 0.25) is 5.91 Å². The number of nitrogens with zero attached hydrogens (tertiary/aromatic N) is 1. The number of rotatable bonds is 2. The van der Waals surface area contributed by atoms with Gasteiger partial charge < -0.3 is 16.0 Å². The molecule has 1 heterocycles. The summed E-state index contributed by atoms with van der Waals surface area (Å²) in [5.74, 6) is -0.0494. The molecule has 1 amide bonds. The van der Waals surface area contributed by atoms with Gasteiger partial charge >= 0.3 is 0 Å². The van der Waals surface area contributed by atoms with E-state index in [2.05, 4.69) is 5.32 Å². The Morgan fingerprint density at radius 1 is 1.15 bits per heavy atom. The topological polar surface area (TPSA) is 58.4 Å². The number of fused-ring (bicyclic) bond motifs is 1. The third-order valence-corrected chi connectivity index (χ3v) is 3.71. The van der Waals surface area contributed by atoms with E-state index in [0.717, 1.165) is 22.6 Å². The van der Waals surface area contributed by atoms with Gasteiger partial charge in [0.15, 0.2) is 0 Å². The van der Waals surface area contributed by atoms with Crippen molar-refractivity contribution in [3.8, 4) is 0 Å². The van der Waals surface area contributed by atoms with E-state index < -0.39 is 0 Å². The molecule has 3 N–H and O–H groups in total. The molecule has 20 heavy (non-hydrogen) atoms. The lowest BCUT2D eigenvalue weighted by atomic mass is 10.1. The number of nitrogens with two attached hydrogens (primary N) is 1. The SMILES string of the molecule is NCc1c(Cl)cccc1N1CC(=O)Nc2ccccc21. The summed E-state index contributed by atoms with van der Waals surface area (Å²) < 4.78 is 0. The number of carbonyl (C=O) groups excluding carboxylic acids is 1. The van der Waals surface area contributed by atoms with Crippen molar-refractivity contribution in [3.63, 3.8) is 0 Å². The number of benzene rings is 2. The van der Waals surface area contributed by atoms with Gasteiger partial charge in [-0.3, -0.25) is 4.79 Å². The van der Waals surface area contributed by atoms with E-state index in [0.29, 0.717) is 11.6 Å². The van der Waals surface area contributed by atoms with E-state index in [-0.39, 0.29) is 12.5 Å². The van der Waals surface area contributed by atoms with Gasteiger partial charge in [-0.25, -0.2) is 0 Å². The number of carbonyl (C=O) groups is 1. The zero-order chi connectivity index (χ0) is 14.1. The molecule has 0 aliphatic carbocycles. The maximum absolute atomic E-state index is 11.9. The summed E-state index contributed by atoms with van der Waals surface area (Å²) in [6, 6.07) is 13.3. The number of nitrogens with one attached hydrogen (secondary N) is 1. The van der Waals surface area contributed by atoms with Crippen LogP contribution >= 0.6 is 11.6 Å². The minimum absolute atomic E-state index is 0.0494. The van der Waals surface area contributed by atoms with Crippen LogP contribution in [0.15, 0.2) is 42.5 Å². The van der Waals surface area contributed by atoms with Gasteiger partial charge in [0.1, 0.15) is 6.54 Å². The quantitative estimate of drug-likeness (QED) is 0.893. The molecule has 2 aromatic rings. The van der Waals surface area contributed by atoms with Gasteiger partial charge in [-0.2, -0.15) is 0 Å². The van der Waals surface area contributed by atoms with Crippen LogP contribution in [-0.4, -0.2) is 12.5 Å². The molecule has 0 bridgehead atoms. The Balaban J connectivity index is 2.16. The highest BCUT2D eigenvalue weighted by atomic mass is 35.5. The fourth-order valence-corrected chi connectivity index (χ4v) is 2.70. The molecule has 0 saturated heterocycles. The Morgan fingerprint density at radius 3 is 2.70 bits per heavy atom. The minimum Gasteiger partial charge on any atom is -0.330 e. The summed E-state index contributed by atoms with van der Waals surface area (Å²) in [4.78, 5) is 13.8. The average Bonchev–Trinajstić information content (AvgIpc) is 2.46. The lowest BCUT2D eigenvalue weighted by Gasteiger charge is -2.32. The Kier molecular flexibility index (Phi) is 3.34. The molecule has 0 saturated carbocycles. The van der Waals surface area contributed by atoms with Crippen molar-refractivity contribution in [1.29, 1.82) is 0 Å². The first-order valence-corrected chi connectivity index (χ1v) is 6.72. The molecule has 0 spiro atoms. The monoisotopic (exact) mass is 287 g/mol. The van der Waals surface area contributed by atoms with Crippen molar-refractivity contribution in [2.24, 2.45) is 5.73 Å². The molecule has 4 nitrogen and oxygen atoms in total. The molecule has 5 heteroatoms. The molecular formula is C15H14ClN3O. The number of hydrogen-bond acceptors (Lipinski definition) is 3. The number of amides is 1. The maximum Gasteiger partial charge on any atom is 0.244 e. The number of para-hydroxylation sites is 2. The minimum atomic E-state index is -0.0494. The first-order valence-electron chi connectivity index (χ1n) is 6.34. The highest BCUT2D eigenvalue weighted by molar-refractivity contribution is 6.31. The molecule has 2 aromatic carbocycles. The summed E-state index contributed by atoms with van der Waals surface area (Å²) in [6.07, 6.45) is 0. The van der Waals surface area contributed by atoms with E-state index >= 15 is 0 Å². The number of hydrogen-bond donors (Lipinski definition) is 2. The standard InChI is InChI=1S/C15H14ClN3O/c16-11-4-3-7-13(10(11)8-17)19-9-15(20)18-12-5-1-2-6-14(12)19/h1-7H,8-9,17H2,(H,18,20). The molecule has 0 radical (unpaired) electrons. The number of anilines is 3. The van der Waals surface area contributed by atoms with Gasteiger partial charge in [0, 0.05) is 22.8 Å². The summed E-state index contributed by atoms with van der Waals surface area (Å²) in [5, 5.41) is 3.49. The largest absolute Gasteiger partial charge is 0.330 e. The molecule has 3 rings (SSSR count). The van der Waals surface area contributed by atoms with Crippen molar-refractivity contribution in [2.75, 3.05) is 16.8 Å². The van der Waals surface area contributed by atoms with Crippen LogP contribution in [-0.2, 0) is 11.3 Å². The summed E-state index contributed by atoms with van der Waals surface area (Å²) in [6.45, 7) is 0.583. The van der Waals surface area contributed by atoms with Crippen molar-refractivity contribution in [3.05, 3.63) is 53.1 Å². The highest BCUT2D eigenvalue weighted by Crippen LogP contribution is 2.38. The van der Waals surface area contributed by atoms with Crippen molar-refractivity contribution in [2.45, 2.75) is 6.54 Å². The fraction of sp³-hybridized carbons (Fsp3) is 0.133. The molecule has 0 aromatic heterocycles. The van der Waals surface area contributed by atoms with Crippen LogP contribution < -0.4 is 16.0 Å². The fourth-order valence-electron chi connectivity index (χ4n) is 2.45. The van der Waals surface area contributed by atoms with Crippen LogP contribution in [0.4, 0.5) is 17.1 Å². The van der Waals surface area contributed by atoms with Gasteiger partial charge in [-0.05, 0) is 24.3 Å². The third-order valence-electron chi connectivity index (χ3n) is 3.36. The zero-order valence-corrected chi connectivity index (χ0v) is 11.5. The lowest BCUT2D eigenvalue weighted by molar-refractivity contribution is -0.115. The Bertz CT molecular complexity index is 672. The molecule has 1 aliphatic heterocycles. The molecule has 0 fully saturated rings. The highest BCUT2D eigenvalue weighted by Gasteiger charge is 2.24. The first-order chi connectivity index (χ1) is 9.70. The first kappa shape index (κ1) is 13.0. The molecule has 1 aliphatic rings. The zero-order valence-electron chi connectivity index (χ0n) is 10.8. The molecule has 0 unspecified atom stereocenters. The summed E-state index contributed by atoms with van der Waals surface area (Å²) >= 11 is 6.21. The second-order valence-corrected chi connectivity index (χ2v) is 5.00. The second-order valence-electron chi connectivity index (χ2n) is 4.59. The Hall–Kier alpha value is -2.04. The van der Waals surface area contributed by atoms with Gasteiger partial charge in [-0.1, -0.05) is 29.8 Å². The number of halogens is 1. The van der Waals surface area contributed by atoms with E-state index in [1.165, 1.54) is 0 Å². The predicted octanol–water partition coefficient (Wildman–Crippen LogP) is 2.89. The Labute approximate surface area is 122 Å². The van der Waals surface area contributed by atoms with Crippen LogP contribution in [0.2, 0.25) is 5.02 Å². The smallest absolute Gasteiger partial charge is 0.244 e. The van der Waals surface area contributed by atoms with E-state index in [9.17, 15) is 4.79 Å². The van der Waals surface area contributed by atoms with Gasteiger partial charge in [0.25, 0.3) is 0 Å². The van der Waals surface area contributed by atoms with Crippen LogP contribution in [0, 0.1) is 0 Å². The lowest BCUT2D eigenvalue weighted by Crippen LogP contribution is -2.35. The third kappa shape index (κ3) is 2.13. The normalized spacial score (nSPS) is 13.9.